The Balaban J connectivity index is 2.38. The summed E-state index contributed by atoms with van der Waals surface area (Å²) in [4.78, 5) is 23.8. The summed E-state index contributed by atoms with van der Waals surface area (Å²) < 4.78 is 0. The summed E-state index contributed by atoms with van der Waals surface area (Å²) in [7, 11) is 0. The lowest BCUT2D eigenvalue weighted by atomic mass is 10.0. The normalized spacial score (nSPS) is 30.0. The molecule has 0 aromatic rings. The first-order valence-electron chi connectivity index (χ1n) is 4.29. The van der Waals surface area contributed by atoms with Crippen molar-refractivity contribution < 1.29 is 14.7 Å². The predicted molar refractivity (Wildman–Crippen MR) is 59.5 cm³/mol. The van der Waals surface area contributed by atoms with E-state index in [9.17, 15) is 9.59 Å². The van der Waals surface area contributed by atoms with Gasteiger partial charge >= 0.3 is 5.97 Å². The molecule has 1 unspecified atom stereocenters. The lowest BCUT2D eigenvalue weighted by Gasteiger charge is -2.47. The number of β-lactam (4-membered cyclic amide) rings is 1. The summed E-state index contributed by atoms with van der Waals surface area (Å²) in [5, 5.41) is 9.31. The molecule has 3 N–H and O–H groups in total. The first kappa shape index (κ1) is 11.0. The van der Waals surface area contributed by atoms with Crippen molar-refractivity contribution in [3.8, 4) is 0 Å². The Bertz CT molecular complexity index is 371. The highest BCUT2D eigenvalue weighted by molar-refractivity contribution is 9.09. The molecule has 5 nitrogen and oxygen atoms in total. The molecule has 2 aliphatic heterocycles. The van der Waals surface area contributed by atoms with Gasteiger partial charge in [0.05, 0.1) is 0 Å². The Morgan fingerprint density at radius 1 is 1.73 bits per heavy atom. The number of fused-ring (bicyclic) bond motifs is 1. The van der Waals surface area contributed by atoms with Crippen molar-refractivity contribution in [1.29, 1.82) is 0 Å². The largest absolute Gasteiger partial charge is 0.477 e. The number of hydrogen-bond donors (Lipinski definition) is 2. The molecule has 1 saturated heterocycles. The zero-order valence-electron chi connectivity index (χ0n) is 7.64. The Kier molecular flexibility index (Phi) is 2.78. The van der Waals surface area contributed by atoms with Gasteiger partial charge in [-0.3, -0.25) is 9.69 Å². The fraction of sp³-hybridized carbons (Fsp3) is 0.500. The second kappa shape index (κ2) is 3.80. The molecule has 2 heterocycles. The number of nitrogens with two attached hydrogens (primary N) is 1. The van der Waals surface area contributed by atoms with E-state index in [1.807, 2.05) is 0 Å². The molecule has 7 heteroatoms. The van der Waals surface area contributed by atoms with Crippen LogP contribution in [0.2, 0.25) is 0 Å². The SMILES string of the molecule is NC1C(=O)N2C(C(=O)O)=C(CBr)CS[C@@H]12. The van der Waals surface area contributed by atoms with Crippen molar-refractivity contribution >= 4 is 39.6 Å². The molecule has 2 aliphatic rings. The molecule has 0 spiro atoms. The van der Waals surface area contributed by atoms with E-state index in [2.05, 4.69) is 15.9 Å². The van der Waals surface area contributed by atoms with E-state index in [0.717, 1.165) is 5.57 Å². The molecule has 0 bridgehead atoms. The first-order valence-corrected chi connectivity index (χ1v) is 6.46. The van der Waals surface area contributed by atoms with Crippen molar-refractivity contribution in [3.05, 3.63) is 11.3 Å². The predicted octanol–water partition coefficient (Wildman–Crippen LogP) is -0.0376. The minimum atomic E-state index is -1.06. The number of thioether (sulfide) groups is 1. The van der Waals surface area contributed by atoms with Crippen LogP contribution in [0.15, 0.2) is 11.3 Å². The minimum Gasteiger partial charge on any atom is -0.477 e. The van der Waals surface area contributed by atoms with Gasteiger partial charge in [0.2, 0.25) is 5.91 Å². The Morgan fingerprint density at radius 2 is 2.40 bits per heavy atom. The molecule has 0 aromatic heterocycles. The topological polar surface area (TPSA) is 83.6 Å². The van der Waals surface area contributed by atoms with Gasteiger partial charge in [-0.1, -0.05) is 15.9 Å². The van der Waals surface area contributed by atoms with Crippen molar-refractivity contribution in [2.24, 2.45) is 5.73 Å². The average Bonchev–Trinajstić information content (AvgIpc) is 2.25. The fourth-order valence-electron chi connectivity index (χ4n) is 1.68. The highest BCUT2D eigenvalue weighted by Gasteiger charge is 2.51. The second-order valence-electron chi connectivity index (χ2n) is 3.33. The molecule has 1 amide bonds. The number of carbonyl (C=O) groups excluding carboxylic acids is 1. The van der Waals surface area contributed by atoms with E-state index in [4.69, 9.17) is 10.8 Å². The van der Waals surface area contributed by atoms with Gasteiger partial charge in [0.15, 0.2) is 0 Å². The molecular formula is C8H9BrN2O3S. The number of rotatable bonds is 2. The van der Waals surface area contributed by atoms with E-state index < -0.39 is 12.0 Å². The minimum absolute atomic E-state index is 0.0994. The van der Waals surface area contributed by atoms with Crippen LogP contribution in [0.25, 0.3) is 0 Å². The number of carboxylic acids is 1. The smallest absolute Gasteiger partial charge is 0.352 e. The van der Waals surface area contributed by atoms with E-state index in [-0.39, 0.29) is 17.0 Å². The lowest BCUT2D eigenvalue weighted by molar-refractivity contribution is -0.147. The van der Waals surface area contributed by atoms with E-state index in [1.165, 1.54) is 16.7 Å². The summed E-state index contributed by atoms with van der Waals surface area (Å²) in [6.45, 7) is 0. The number of carbonyl (C=O) groups is 2. The highest BCUT2D eigenvalue weighted by Crippen LogP contribution is 2.39. The molecule has 0 saturated carbocycles. The van der Waals surface area contributed by atoms with Gasteiger partial charge in [0, 0.05) is 11.1 Å². The number of halogens is 1. The second-order valence-corrected chi connectivity index (χ2v) is 4.99. The quantitative estimate of drug-likeness (QED) is 0.551. The van der Waals surface area contributed by atoms with E-state index >= 15 is 0 Å². The zero-order valence-corrected chi connectivity index (χ0v) is 10.0. The lowest BCUT2D eigenvalue weighted by Crippen LogP contribution is -2.68. The van der Waals surface area contributed by atoms with Crippen LogP contribution in [-0.4, -0.2) is 44.4 Å². The van der Waals surface area contributed by atoms with Crippen molar-refractivity contribution in [1.82, 2.24) is 4.90 Å². The van der Waals surface area contributed by atoms with Crippen molar-refractivity contribution in [2.45, 2.75) is 11.4 Å². The number of amides is 1. The Hall–Kier alpha value is -0.530. The van der Waals surface area contributed by atoms with Crippen LogP contribution in [-0.2, 0) is 9.59 Å². The van der Waals surface area contributed by atoms with Crippen molar-refractivity contribution in [2.75, 3.05) is 11.1 Å². The van der Waals surface area contributed by atoms with Gasteiger partial charge in [-0.05, 0) is 5.57 Å². The number of aliphatic carboxylic acids is 1. The number of carboxylic acid groups (broad SMARTS) is 1. The summed E-state index contributed by atoms with van der Waals surface area (Å²) in [6.07, 6.45) is 0. The van der Waals surface area contributed by atoms with Crippen molar-refractivity contribution in [3.63, 3.8) is 0 Å². The van der Waals surface area contributed by atoms with E-state index in [0.29, 0.717) is 11.1 Å². The van der Waals surface area contributed by atoms with Gasteiger partial charge in [0.1, 0.15) is 17.1 Å². The number of alkyl halides is 1. The van der Waals surface area contributed by atoms with E-state index in [1.54, 1.807) is 0 Å². The van der Waals surface area contributed by atoms with Crippen LogP contribution in [0.1, 0.15) is 0 Å². The molecular weight excluding hydrogens is 284 g/mol. The van der Waals surface area contributed by atoms with Gasteiger partial charge in [0.25, 0.3) is 0 Å². The molecule has 1 fully saturated rings. The molecule has 0 aliphatic carbocycles. The fourth-order valence-corrected chi connectivity index (χ4v) is 3.70. The van der Waals surface area contributed by atoms with Crippen LogP contribution in [0, 0.1) is 0 Å². The van der Waals surface area contributed by atoms with Gasteiger partial charge in [-0.15, -0.1) is 11.8 Å². The highest BCUT2D eigenvalue weighted by atomic mass is 79.9. The Labute approximate surface area is 98.8 Å². The summed E-state index contributed by atoms with van der Waals surface area (Å²) in [5.41, 5.74) is 6.41. The van der Waals surface area contributed by atoms with Gasteiger partial charge in [-0.25, -0.2) is 4.79 Å². The summed E-state index contributed by atoms with van der Waals surface area (Å²) in [5.74, 6) is -0.757. The van der Waals surface area contributed by atoms with Gasteiger partial charge < -0.3 is 10.8 Å². The monoisotopic (exact) mass is 292 g/mol. The summed E-state index contributed by atoms with van der Waals surface area (Å²) >= 11 is 4.73. The van der Waals surface area contributed by atoms with Crippen LogP contribution in [0.5, 0.6) is 0 Å². The third-order valence-electron chi connectivity index (χ3n) is 2.45. The average molecular weight is 293 g/mol. The Morgan fingerprint density at radius 3 is 2.93 bits per heavy atom. The molecule has 2 rings (SSSR count). The first-order chi connectivity index (χ1) is 7.07. The molecule has 15 heavy (non-hydrogen) atoms. The van der Waals surface area contributed by atoms with Crippen LogP contribution in [0.4, 0.5) is 0 Å². The maximum Gasteiger partial charge on any atom is 0.352 e. The molecule has 0 aromatic carbocycles. The molecule has 0 radical (unpaired) electrons. The number of hydrogen-bond acceptors (Lipinski definition) is 4. The maximum atomic E-state index is 11.4. The maximum absolute atomic E-state index is 11.4. The van der Waals surface area contributed by atoms with Gasteiger partial charge in [-0.2, -0.15) is 0 Å². The van der Waals surface area contributed by atoms with Crippen LogP contribution < -0.4 is 5.73 Å². The molecule has 2 atom stereocenters. The third kappa shape index (κ3) is 1.49. The third-order valence-corrected chi connectivity index (χ3v) is 4.49. The molecule has 82 valence electrons. The number of nitrogens with zero attached hydrogens (tertiary/aromatic N) is 1. The zero-order chi connectivity index (χ0) is 11.2. The summed E-state index contributed by atoms with van der Waals surface area (Å²) in [6, 6.07) is -0.554. The van der Waals surface area contributed by atoms with Crippen LogP contribution >= 0.6 is 27.7 Å². The van der Waals surface area contributed by atoms with Crippen LogP contribution in [0.3, 0.4) is 0 Å². The standard InChI is InChI=1S/C8H9BrN2O3S/c9-1-3-2-15-7-4(10)6(12)11(7)5(3)8(13)14/h4,7H,1-2,10H2,(H,13,14)/t4?,7-/m0/s1.